The Morgan fingerprint density at radius 2 is 1.11 bits per heavy atom. The first kappa shape index (κ1) is 35.3. The summed E-state index contributed by atoms with van der Waals surface area (Å²) in [5.41, 5.74) is -0.350. The van der Waals surface area contributed by atoms with Crippen LogP contribution >= 0.6 is 0 Å². The molecule has 0 aliphatic heterocycles. The molecule has 0 unspecified atom stereocenters. The summed E-state index contributed by atoms with van der Waals surface area (Å²) in [5.74, 6) is -6.53. The second kappa shape index (κ2) is 17.3. The monoisotopic (exact) mass is 656 g/mol. The number of ether oxygens (including phenoxy) is 6. The predicted molar refractivity (Wildman–Crippen MR) is 157 cm³/mol. The Hall–Kier alpha value is -6.18. The Morgan fingerprint density at radius 1 is 0.638 bits per heavy atom. The van der Waals surface area contributed by atoms with Crippen LogP contribution in [0.1, 0.15) is 23.1 Å². The van der Waals surface area contributed by atoms with Crippen LogP contribution < -0.4 is 18.9 Å². The van der Waals surface area contributed by atoms with E-state index in [1.807, 2.05) is 0 Å². The number of hydrogen-bond donors (Lipinski definition) is 0. The maximum atomic E-state index is 14.2. The zero-order chi connectivity index (χ0) is 34.3. The molecule has 244 valence electrons. The quantitative estimate of drug-likeness (QED) is 0.0608. The van der Waals surface area contributed by atoms with E-state index < -0.39 is 66.8 Å². The van der Waals surface area contributed by atoms with Gasteiger partial charge in [0.15, 0.2) is 23.1 Å². The summed E-state index contributed by atoms with van der Waals surface area (Å²) in [6.45, 7) is 5.30. The van der Waals surface area contributed by atoms with Crippen LogP contribution in [-0.2, 0) is 28.7 Å². The zero-order valence-electron chi connectivity index (χ0n) is 24.2. The Morgan fingerprint density at radius 3 is 1.55 bits per heavy atom. The summed E-state index contributed by atoms with van der Waals surface area (Å²) in [6, 6.07) is 10.1. The third-order valence-electron chi connectivity index (χ3n) is 5.55. The average Bonchev–Trinajstić information content (AvgIpc) is 3.04. The van der Waals surface area contributed by atoms with E-state index in [4.69, 9.17) is 18.9 Å². The minimum Gasteiger partial charge on any atom is -0.454 e. The van der Waals surface area contributed by atoms with Gasteiger partial charge in [-0.1, -0.05) is 25.3 Å². The lowest BCUT2D eigenvalue weighted by atomic mass is 10.2. The van der Waals surface area contributed by atoms with Crippen LogP contribution in [0.5, 0.6) is 23.0 Å². The summed E-state index contributed by atoms with van der Waals surface area (Å²) < 4.78 is 85.1. The minimum atomic E-state index is -3.13. The second-order valence-corrected chi connectivity index (χ2v) is 8.75. The van der Waals surface area contributed by atoms with E-state index in [9.17, 15) is 36.7 Å². The molecule has 3 rings (SSSR count). The number of alkyl halides is 2. The van der Waals surface area contributed by atoms with Crippen LogP contribution in [0.25, 0.3) is 12.2 Å². The molecule has 0 atom stereocenters. The SMILES string of the molecule is C=CC(=O)OCOc1ccc(/C=C/C(=O)Oc2ccc(OC(=O)/C=C/c3ccc(OCOC(=O)C=C)c(F)c3)c(C(F)F)c2)cc1F. The molecule has 0 aliphatic carbocycles. The van der Waals surface area contributed by atoms with Crippen LogP contribution in [0, 0.1) is 11.6 Å². The molecule has 3 aromatic rings. The van der Waals surface area contributed by atoms with E-state index in [1.54, 1.807) is 0 Å². The smallest absolute Gasteiger partial charge is 0.336 e. The molecular formula is C33H24F4O10. The number of carbonyl (C=O) groups excluding carboxylic acids is 4. The standard InChI is InChI=1S/C33H24F4O10/c1-3-29(38)44-18-42-27-10-5-20(15-24(27)34)7-13-31(40)46-22-9-12-26(23(17-22)33(36)37)47-32(41)14-8-21-6-11-28(25(35)16-21)43-19-45-30(39)4-2/h3-17,33H,1-2,18-19H2/b13-7+,14-8+. The van der Waals surface area contributed by atoms with Gasteiger partial charge < -0.3 is 28.4 Å². The predicted octanol–water partition coefficient (Wildman–Crippen LogP) is 6.27. The number of rotatable bonds is 15. The molecule has 47 heavy (non-hydrogen) atoms. The Kier molecular flexibility index (Phi) is 13.0. The molecule has 0 fully saturated rings. The number of benzene rings is 3. The van der Waals surface area contributed by atoms with Gasteiger partial charge in [0.25, 0.3) is 6.43 Å². The molecule has 14 heteroatoms. The van der Waals surface area contributed by atoms with Crippen LogP contribution in [-0.4, -0.2) is 37.5 Å². The van der Waals surface area contributed by atoms with Gasteiger partial charge in [-0.15, -0.1) is 0 Å². The van der Waals surface area contributed by atoms with E-state index >= 15 is 0 Å². The maximum absolute atomic E-state index is 14.2. The third-order valence-corrected chi connectivity index (χ3v) is 5.55. The fraction of sp³-hybridized carbons (Fsp3) is 0.0909. The molecule has 0 heterocycles. The Bertz CT molecular complexity index is 1720. The lowest BCUT2D eigenvalue weighted by Crippen LogP contribution is -2.08. The highest BCUT2D eigenvalue weighted by atomic mass is 19.3. The Labute approximate surface area is 264 Å². The largest absolute Gasteiger partial charge is 0.454 e. The van der Waals surface area contributed by atoms with E-state index in [0.717, 1.165) is 60.7 Å². The van der Waals surface area contributed by atoms with Crippen molar-refractivity contribution in [1.82, 2.24) is 0 Å². The van der Waals surface area contributed by atoms with Gasteiger partial charge in [0.05, 0.1) is 5.56 Å². The van der Waals surface area contributed by atoms with Crippen molar-refractivity contribution < 1.29 is 65.2 Å². The van der Waals surface area contributed by atoms with E-state index in [2.05, 4.69) is 22.6 Å². The highest BCUT2D eigenvalue weighted by Gasteiger charge is 2.18. The average molecular weight is 657 g/mol. The van der Waals surface area contributed by atoms with Crippen LogP contribution in [0.4, 0.5) is 17.6 Å². The molecule has 0 saturated carbocycles. The van der Waals surface area contributed by atoms with E-state index in [1.165, 1.54) is 30.3 Å². The molecule has 0 amide bonds. The third kappa shape index (κ3) is 11.4. The molecule has 10 nitrogen and oxygen atoms in total. The van der Waals surface area contributed by atoms with Crippen molar-refractivity contribution in [2.45, 2.75) is 6.43 Å². The lowest BCUT2D eigenvalue weighted by Gasteiger charge is -2.10. The molecule has 3 aromatic carbocycles. The molecule has 0 saturated heterocycles. The number of halogens is 4. The molecule has 0 N–H and O–H groups in total. The van der Waals surface area contributed by atoms with Crippen molar-refractivity contribution in [1.29, 1.82) is 0 Å². The van der Waals surface area contributed by atoms with Gasteiger partial charge in [-0.05, 0) is 65.7 Å². The fourth-order valence-corrected chi connectivity index (χ4v) is 3.37. The number of hydrogen-bond acceptors (Lipinski definition) is 10. The second-order valence-electron chi connectivity index (χ2n) is 8.75. The van der Waals surface area contributed by atoms with Gasteiger partial charge in [-0.2, -0.15) is 0 Å². The molecule has 0 radical (unpaired) electrons. The first-order valence-electron chi connectivity index (χ1n) is 13.1. The molecule has 0 spiro atoms. The van der Waals surface area contributed by atoms with Gasteiger partial charge in [0.2, 0.25) is 13.6 Å². The van der Waals surface area contributed by atoms with Gasteiger partial charge in [0.1, 0.15) is 11.5 Å². The van der Waals surface area contributed by atoms with Gasteiger partial charge in [0, 0.05) is 24.3 Å². The summed E-state index contributed by atoms with van der Waals surface area (Å²) in [7, 11) is 0. The molecular weight excluding hydrogens is 632 g/mol. The van der Waals surface area contributed by atoms with Crippen molar-refractivity contribution >= 4 is 36.0 Å². The van der Waals surface area contributed by atoms with Crippen molar-refractivity contribution in [3.8, 4) is 23.0 Å². The van der Waals surface area contributed by atoms with Crippen molar-refractivity contribution in [3.63, 3.8) is 0 Å². The number of esters is 4. The highest BCUT2D eigenvalue weighted by Crippen LogP contribution is 2.33. The first-order chi connectivity index (χ1) is 22.5. The molecule has 0 aliphatic rings. The van der Waals surface area contributed by atoms with Gasteiger partial charge >= 0.3 is 23.9 Å². The summed E-state index contributed by atoms with van der Waals surface area (Å²) in [6.07, 6.45) is 2.82. The van der Waals surface area contributed by atoms with Crippen LogP contribution in [0.15, 0.2) is 92.1 Å². The fourth-order valence-electron chi connectivity index (χ4n) is 3.37. The minimum absolute atomic E-state index is 0.192. The summed E-state index contributed by atoms with van der Waals surface area (Å²) in [5, 5.41) is 0. The van der Waals surface area contributed by atoms with E-state index in [-0.39, 0.29) is 28.4 Å². The summed E-state index contributed by atoms with van der Waals surface area (Å²) >= 11 is 0. The van der Waals surface area contributed by atoms with Gasteiger partial charge in [-0.25, -0.2) is 36.7 Å². The zero-order valence-corrected chi connectivity index (χ0v) is 24.2. The summed E-state index contributed by atoms with van der Waals surface area (Å²) in [4.78, 5) is 46.5. The van der Waals surface area contributed by atoms with Crippen molar-refractivity contribution in [2.24, 2.45) is 0 Å². The van der Waals surface area contributed by atoms with Crippen molar-refractivity contribution in [3.05, 3.63) is 120 Å². The number of carbonyl (C=O) groups is 4. The van der Waals surface area contributed by atoms with Crippen LogP contribution in [0.3, 0.4) is 0 Å². The molecule has 0 aromatic heterocycles. The lowest BCUT2D eigenvalue weighted by molar-refractivity contribution is -0.145. The topological polar surface area (TPSA) is 124 Å². The molecule has 0 bridgehead atoms. The highest BCUT2D eigenvalue weighted by molar-refractivity contribution is 5.90. The van der Waals surface area contributed by atoms with Crippen molar-refractivity contribution in [2.75, 3.05) is 13.6 Å². The first-order valence-corrected chi connectivity index (χ1v) is 13.1. The van der Waals surface area contributed by atoms with E-state index in [0.29, 0.717) is 0 Å². The van der Waals surface area contributed by atoms with Crippen LogP contribution in [0.2, 0.25) is 0 Å². The Balaban J connectivity index is 1.58. The maximum Gasteiger partial charge on any atom is 0.336 e. The normalized spacial score (nSPS) is 10.8. The van der Waals surface area contributed by atoms with Gasteiger partial charge in [-0.3, -0.25) is 0 Å².